The average Bonchev–Trinajstić information content (AvgIpc) is 2.60. The normalized spacial score (nSPS) is 11.1. The van der Waals surface area contributed by atoms with E-state index in [4.69, 9.17) is 8.83 Å². The Balaban J connectivity index is 2.06. The molecule has 5 heteroatoms. The Hall–Kier alpha value is -3.47. The summed E-state index contributed by atoms with van der Waals surface area (Å²) in [6.07, 6.45) is 0. The predicted octanol–water partition coefficient (Wildman–Crippen LogP) is 3.77. The molecule has 0 radical (unpaired) electrons. The van der Waals surface area contributed by atoms with Gasteiger partial charge in [0.25, 0.3) is 0 Å². The van der Waals surface area contributed by atoms with Crippen molar-refractivity contribution in [2.24, 2.45) is 0 Å². The molecule has 122 valence electrons. The summed E-state index contributed by atoms with van der Waals surface area (Å²) in [5.41, 5.74) is 0.210. The van der Waals surface area contributed by atoms with Crippen LogP contribution in [-0.4, -0.2) is 5.78 Å². The Morgan fingerprint density at radius 2 is 1.56 bits per heavy atom. The molecule has 0 aliphatic rings. The number of ketones is 1. The molecule has 0 amide bonds. The minimum atomic E-state index is -0.724. The van der Waals surface area contributed by atoms with Crippen molar-refractivity contribution in [3.05, 3.63) is 81.0 Å². The molecule has 0 atom stereocenters. The van der Waals surface area contributed by atoms with Gasteiger partial charge in [-0.15, -0.1) is 0 Å². The van der Waals surface area contributed by atoms with E-state index in [0.717, 1.165) is 5.39 Å². The third-order valence-corrected chi connectivity index (χ3v) is 4.07. The molecular formula is C20H12O5. The van der Waals surface area contributed by atoms with Gasteiger partial charge in [0, 0.05) is 16.3 Å². The molecule has 5 nitrogen and oxygen atoms in total. The van der Waals surface area contributed by atoms with E-state index >= 15 is 0 Å². The van der Waals surface area contributed by atoms with E-state index < -0.39 is 11.3 Å². The van der Waals surface area contributed by atoms with E-state index in [0.29, 0.717) is 22.1 Å². The first-order valence-electron chi connectivity index (χ1n) is 7.65. The number of benzene rings is 2. The maximum atomic E-state index is 12.4. The van der Waals surface area contributed by atoms with Gasteiger partial charge in [-0.25, -0.2) is 9.59 Å². The predicted molar refractivity (Wildman–Crippen MR) is 94.0 cm³/mol. The maximum Gasteiger partial charge on any atom is 0.347 e. The van der Waals surface area contributed by atoms with Crippen LogP contribution in [-0.2, 0) is 0 Å². The molecule has 2 heterocycles. The van der Waals surface area contributed by atoms with Gasteiger partial charge < -0.3 is 8.83 Å². The first kappa shape index (κ1) is 15.1. The molecule has 0 saturated heterocycles. The van der Waals surface area contributed by atoms with E-state index in [2.05, 4.69) is 0 Å². The number of hydrogen-bond acceptors (Lipinski definition) is 5. The molecule has 0 spiro atoms. The van der Waals surface area contributed by atoms with Crippen molar-refractivity contribution in [3.63, 3.8) is 0 Å². The van der Waals surface area contributed by atoms with Gasteiger partial charge in [-0.2, -0.15) is 0 Å². The Morgan fingerprint density at radius 3 is 2.36 bits per heavy atom. The van der Waals surface area contributed by atoms with Gasteiger partial charge in [0.05, 0.1) is 5.56 Å². The van der Waals surface area contributed by atoms with E-state index in [1.807, 2.05) is 12.1 Å². The lowest BCUT2D eigenvalue weighted by Crippen LogP contribution is -2.11. The van der Waals surface area contributed by atoms with Crippen molar-refractivity contribution in [2.75, 3.05) is 0 Å². The van der Waals surface area contributed by atoms with Crippen LogP contribution in [0.1, 0.15) is 17.3 Å². The van der Waals surface area contributed by atoms with Crippen LogP contribution in [0.15, 0.2) is 73.0 Å². The van der Waals surface area contributed by atoms with Gasteiger partial charge in [0.1, 0.15) is 16.7 Å². The zero-order chi connectivity index (χ0) is 17.6. The highest BCUT2D eigenvalue weighted by Gasteiger charge is 2.15. The summed E-state index contributed by atoms with van der Waals surface area (Å²) in [5.74, 6) is -0.369. The van der Waals surface area contributed by atoms with Crippen LogP contribution < -0.4 is 11.3 Å². The number of fused-ring (bicyclic) bond motifs is 2. The first-order chi connectivity index (χ1) is 12.0. The van der Waals surface area contributed by atoms with Gasteiger partial charge in [-0.1, -0.05) is 36.4 Å². The second kappa shape index (κ2) is 5.56. The average molecular weight is 332 g/mol. The lowest BCUT2D eigenvalue weighted by Gasteiger charge is -2.06. The second-order valence-electron chi connectivity index (χ2n) is 5.71. The number of carbonyl (C=O) groups excluding carboxylic acids is 1. The van der Waals surface area contributed by atoms with Gasteiger partial charge >= 0.3 is 11.3 Å². The van der Waals surface area contributed by atoms with E-state index in [-0.39, 0.29) is 16.9 Å². The summed E-state index contributed by atoms with van der Waals surface area (Å²) in [7, 11) is 0. The lowest BCUT2D eigenvalue weighted by atomic mass is 10.0. The Labute approximate surface area is 141 Å². The molecule has 0 fully saturated rings. The summed E-state index contributed by atoms with van der Waals surface area (Å²) in [4.78, 5) is 36.0. The zero-order valence-corrected chi connectivity index (χ0v) is 13.2. The summed E-state index contributed by atoms with van der Waals surface area (Å²) >= 11 is 0. The van der Waals surface area contributed by atoms with E-state index in [9.17, 15) is 14.4 Å². The molecule has 25 heavy (non-hydrogen) atoms. The van der Waals surface area contributed by atoms with Crippen molar-refractivity contribution in [3.8, 4) is 11.1 Å². The molecular weight excluding hydrogens is 320 g/mol. The smallest absolute Gasteiger partial charge is 0.347 e. The molecule has 0 N–H and O–H groups in total. The van der Waals surface area contributed by atoms with Crippen LogP contribution in [0.5, 0.6) is 0 Å². The highest BCUT2D eigenvalue weighted by atomic mass is 16.4. The van der Waals surface area contributed by atoms with Gasteiger partial charge in [0.15, 0.2) is 5.78 Å². The number of hydrogen-bond donors (Lipinski definition) is 0. The number of rotatable bonds is 2. The van der Waals surface area contributed by atoms with Crippen LogP contribution in [0.3, 0.4) is 0 Å². The Bertz CT molecular complexity index is 1260. The molecule has 0 bridgehead atoms. The van der Waals surface area contributed by atoms with Crippen molar-refractivity contribution in [1.29, 1.82) is 0 Å². The fourth-order valence-electron chi connectivity index (χ4n) is 2.85. The standard InChI is InChI=1S/C20H12O5/c1-11(21)15-10-13-6-4-7-14(18(13)25-19(15)22)16-9-12-5-2-3-8-17(12)24-20(16)23/h2-10H,1H3. The third-order valence-electron chi connectivity index (χ3n) is 4.07. The molecule has 0 aliphatic heterocycles. The molecule has 0 saturated carbocycles. The largest absolute Gasteiger partial charge is 0.422 e. The van der Waals surface area contributed by atoms with Crippen molar-refractivity contribution in [1.82, 2.24) is 0 Å². The Morgan fingerprint density at radius 1 is 0.800 bits per heavy atom. The van der Waals surface area contributed by atoms with Crippen LogP contribution >= 0.6 is 0 Å². The van der Waals surface area contributed by atoms with Crippen molar-refractivity contribution >= 4 is 27.7 Å². The molecule has 4 rings (SSSR count). The lowest BCUT2D eigenvalue weighted by molar-refractivity contribution is 0.101. The highest BCUT2D eigenvalue weighted by molar-refractivity contribution is 5.99. The second-order valence-corrected chi connectivity index (χ2v) is 5.71. The first-order valence-corrected chi connectivity index (χ1v) is 7.65. The molecule has 4 aromatic rings. The fourth-order valence-corrected chi connectivity index (χ4v) is 2.85. The van der Waals surface area contributed by atoms with Crippen LogP contribution in [0.25, 0.3) is 33.1 Å². The van der Waals surface area contributed by atoms with Crippen molar-refractivity contribution < 1.29 is 13.6 Å². The van der Waals surface area contributed by atoms with Crippen molar-refractivity contribution in [2.45, 2.75) is 6.92 Å². The zero-order valence-electron chi connectivity index (χ0n) is 13.2. The monoisotopic (exact) mass is 332 g/mol. The third kappa shape index (κ3) is 2.46. The van der Waals surface area contributed by atoms with Gasteiger partial charge in [-0.3, -0.25) is 4.79 Å². The fraction of sp³-hybridized carbons (Fsp3) is 0.0500. The molecule has 0 aliphatic carbocycles. The minimum absolute atomic E-state index is 0.0183. The van der Waals surface area contributed by atoms with E-state index in [1.165, 1.54) is 13.0 Å². The summed E-state index contributed by atoms with van der Waals surface area (Å²) in [6.45, 7) is 1.31. The highest BCUT2D eigenvalue weighted by Crippen LogP contribution is 2.28. The molecule has 2 aromatic carbocycles. The van der Waals surface area contributed by atoms with Gasteiger partial charge in [-0.05, 0) is 25.1 Å². The number of carbonyl (C=O) groups is 1. The van der Waals surface area contributed by atoms with E-state index in [1.54, 1.807) is 36.4 Å². The topological polar surface area (TPSA) is 77.5 Å². The SMILES string of the molecule is CC(=O)c1cc2cccc(-c3cc4ccccc4oc3=O)c2oc1=O. The molecule has 2 aromatic heterocycles. The number of Topliss-reactive ketones (excluding diaryl/α,β-unsaturated/α-hetero) is 1. The molecule has 0 unspecified atom stereocenters. The van der Waals surface area contributed by atoms with Gasteiger partial charge in [0.2, 0.25) is 0 Å². The van der Waals surface area contributed by atoms with Crippen LogP contribution in [0.2, 0.25) is 0 Å². The maximum absolute atomic E-state index is 12.4. The van der Waals surface area contributed by atoms with Crippen LogP contribution in [0.4, 0.5) is 0 Å². The van der Waals surface area contributed by atoms with Crippen LogP contribution in [0, 0.1) is 0 Å². The number of para-hydroxylation sites is 2. The minimum Gasteiger partial charge on any atom is -0.422 e. The summed E-state index contributed by atoms with van der Waals surface area (Å²) in [6, 6.07) is 15.5. The Kier molecular flexibility index (Phi) is 3.35. The summed E-state index contributed by atoms with van der Waals surface area (Å²) < 4.78 is 10.7. The summed E-state index contributed by atoms with van der Waals surface area (Å²) in [5, 5.41) is 1.33. The quantitative estimate of drug-likeness (QED) is 0.412.